The van der Waals surface area contributed by atoms with Gasteiger partial charge < -0.3 is 20.4 Å². The van der Waals surface area contributed by atoms with Crippen molar-refractivity contribution in [3.63, 3.8) is 0 Å². The summed E-state index contributed by atoms with van der Waals surface area (Å²) in [4.78, 5) is 19.4. The van der Waals surface area contributed by atoms with Crippen molar-refractivity contribution in [2.75, 3.05) is 20.2 Å². The van der Waals surface area contributed by atoms with E-state index < -0.39 is 0 Å². The first kappa shape index (κ1) is 12.0. The molecule has 0 aliphatic carbocycles. The molecule has 1 aromatic heterocycles. The van der Waals surface area contributed by atoms with Crippen LogP contribution in [0.2, 0.25) is 0 Å². The quantitative estimate of drug-likeness (QED) is 0.736. The summed E-state index contributed by atoms with van der Waals surface area (Å²) in [5, 5.41) is 6.03. The van der Waals surface area contributed by atoms with Gasteiger partial charge in [0.2, 0.25) is 5.91 Å². The summed E-state index contributed by atoms with van der Waals surface area (Å²) in [6, 6.07) is 5.47. The van der Waals surface area contributed by atoms with Crippen LogP contribution in [0.3, 0.4) is 0 Å². The summed E-state index contributed by atoms with van der Waals surface area (Å²) in [7, 11) is 1.63. The number of benzene rings is 1. The van der Waals surface area contributed by atoms with Crippen LogP contribution in [-0.2, 0) is 11.2 Å². The zero-order chi connectivity index (χ0) is 13.2. The monoisotopic (exact) mass is 260 g/mol. The second kappa shape index (κ2) is 4.89. The molecule has 0 saturated carbocycles. The molecule has 1 unspecified atom stereocenters. The number of aromatic nitrogens is 2. The predicted molar refractivity (Wildman–Crippen MR) is 71.2 cm³/mol. The molecule has 1 amide bonds. The van der Waals surface area contributed by atoms with Gasteiger partial charge >= 0.3 is 0 Å². The third-order valence-corrected chi connectivity index (χ3v) is 3.27. The minimum absolute atomic E-state index is 0.0317. The Kier molecular flexibility index (Phi) is 3.08. The van der Waals surface area contributed by atoms with E-state index in [4.69, 9.17) is 4.74 Å². The molecule has 1 aliphatic heterocycles. The Bertz CT molecular complexity index is 608. The fourth-order valence-corrected chi connectivity index (χ4v) is 2.27. The largest absolute Gasteiger partial charge is 0.497 e. The topological polar surface area (TPSA) is 79.0 Å². The maximum atomic E-state index is 11.7. The summed E-state index contributed by atoms with van der Waals surface area (Å²) >= 11 is 0. The van der Waals surface area contributed by atoms with Crippen LogP contribution in [0.15, 0.2) is 18.2 Å². The first-order valence-electron chi connectivity index (χ1n) is 6.30. The molecule has 2 heterocycles. The van der Waals surface area contributed by atoms with Crippen LogP contribution in [0.4, 0.5) is 0 Å². The molecule has 0 radical (unpaired) electrons. The van der Waals surface area contributed by atoms with Crippen molar-refractivity contribution < 1.29 is 9.53 Å². The van der Waals surface area contributed by atoms with Gasteiger partial charge in [-0.1, -0.05) is 0 Å². The average Bonchev–Trinajstić information content (AvgIpc) is 2.82. The van der Waals surface area contributed by atoms with Gasteiger partial charge in [0.05, 0.1) is 24.2 Å². The summed E-state index contributed by atoms with van der Waals surface area (Å²) < 4.78 is 5.17. The van der Waals surface area contributed by atoms with Gasteiger partial charge in [-0.15, -0.1) is 0 Å². The maximum absolute atomic E-state index is 11.7. The molecule has 2 aromatic rings. The molecule has 6 heteroatoms. The van der Waals surface area contributed by atoms with Gasteiger partial charge in [0.25, 0.3) is 0 Å². The lowest BCUT2D eigenvalue weighted by atomic mass is 10.1. The Morgan fingerprint density at radius 1 is 1.42 bits per heavy atom. The lowest BCUT2D eigenvalue weighted by Gasteiger charge is -2.22. The fraction of sp³-hybridized carbons (Fsp3) is 0.385. The molecule has 1 fully saturated rings. The highest BCUT2D eigenvalue weighted by molar-refractivity contribution is 5.83. The SMILES string of the molecule is COc1ccc2nc(CC3NCCNC3=O)[nH]c2c1. The molecule has 1 aromatic carbocycles. The lowest BCUT2D eigenvalue weighted by molar-refractivity contribution is -0.124. The Labute approximate surface area is 110 Å². The van der Waals surface area contributed by atoms with E-state index in [-0.39, 0.29) is 11.9 Å². The van der Waals surface area contributed by atoms with Gasteiger partial charge in [0.15, 0.2) is 0 Å². The number of hydrogen-bond acceptors (Lipinski definition) is 4. The van der Waals surface area contributed by atoms with Crippen molar-refractivity contribution in [2.24, 2.45) is 0 Å². The van der Waals surface area contributed by atoms with Gasteiger partial charge in [0.1, 0.15) is 11.6 Å². The van der Waals surface area contributed by atoms with Gasteiger partial charge in [0, 0.05) is 25.6 Å². The second-order valence-corrected chi connectivity index (χ2v) is 4.57. The zero-order valence-electron chi connectivity index (χ0n) is 10.7. The maximum Gasteiger partial charge on any atom is 0.237 e. The molecule has 1 aliphatic rings. The minimum Gasteiger partial charge on any atom is -0.497 e. The highest BCUT2D eigenvalue weighted by atomic mass is 16.5. The molecule has 6 nitrogen and oxygen atoms in total. The number of rotatable bonds is 3. The number of nitrogens with zero attached hydrogens (tertiary/aromatic N) is 1. The number of carbonyl (C=O) groups is 1. The summed E-state index contributed by atoms with van der Waals surface area (Å²) in [5.74, 6) is 1.62. The number of hydrogen-bond donors (Lipinski definition) is 3. The molecular weight excluding hydrogens is 244 g/mol. The van der Waals surface area contributed by atoms with Crippen LogP contribution in [-0.4, -0.2) is 42.1 Å². The first-order valence-corrected chi connectivity index (χ1v) is 6.30. The van der Waals surface area contributed by atoms with E-state index in [9.17, 15) is 4.79 Å². The number of carbonyl (C=O) groups excluding carboxylic acids is 1. The normalized spacial score (nSPS) is 19.4. The molecule has 19 heavy (non-hydrogen) atoms. The molecule has 3 N–H and O–H groups in total. The Balaban J connectivity index is 1.82. The summed E-state index contributed by atoms with van der Waals surface area (Å²) in [6.07, 6.45) is 0.558. The van der Waals surface area contributed by atoms with Crippen molar-refractivity contribution in [2.45, 2.75) is 12.5 Å². The van der Waals surface area contributed by atoms with Gasteiger partial charge in [-0.25, -0.2) is 4.98 Å². The standard InChI is InChI=1S/C13H16N4O2/c1-19-8-2-3-9-10(6-8)17-12(16-9)7-11-13(18)15-5-4-14-11/h2-3,6,11,14H,4-5,7H2,1H3,(H,15,18)(H,16,17). The van der Waals surface area contributed by atoms with Crippen molar-refractivity contribution in [1.82, 2.24) is 20.6 Å². The van der Waals surface area contributed by atoms with E-state index in [0.717, 1.165) is 29.2 Å². The Morgan fingerprint density at radius 2 is 2.32 bits per heavy atom. The van der Waals surface area contributed by atoms with Crippen molar-refractivity contribution in [1.29, 1.82) is 0 Å². The first-order chi connectivity index (χ1) is 9.26. The number of aromatic amines is 1. The summed E-state index contributed by atoms with van der Waals surface area (Å²) in [5.41, 5.74) is 1.80. The van der Waals surface area contributed by atoms with Crippen LogP contribution in [0.5, 0.6) is 5.75 Å². The lowest BCUT2D eigenvalue weighted by Crippen LogP contribution is -2.53. The average molecular weight is 260 g/mol. The van der Waals surface area contributed by atoms with Crippen molar-refractivity contribution >= 4 is 16.9 Å². The number of piperazine rings is 1. The van der Waals surface area contributed by atoms with Crippen molar-refractivity contribution in [3.05, 3.63) is 24.0 Å². The molecule has 1 saturated heterocycles. The van der Waals surface area contributed by atoms with Crippen LogP contribution < -0.4 is 15.4 Å². The minimum atomic E-state index is -0.212. The Morgan fingerprint density at radius 3 is 3.11 bits per heavy atom. The number of methoxy groups -OCH3 is 1. The van der Waals surface area contributed by atoms with Crippen LogP contribution in [0.1, 0.15) is 5.82 Å². The van der Waals surface area contributed by atoms with Crippen LogP contribution >= 0.6 is 0 Å². The van der Waals surface area contributed by atoms with Gasteiger partial charge in [-0.3, -0.25) is 4.79 Å². The number of imidazole rings is 1. The van der Waals surface area contributed by atoms with Crippen LogP contribution in [0.25, 0.3) is 11.0 Å². The number of nitrogens with one attached hydrogen (secondary N) is 3. The third-order valence-electron chi connectivity index (χ3n) is 3.27. The highest BCUT2D eigenvalue weighted by Gasteiger charge is 2.22. The van der Waals surface area contributed by atoms with E-state index in [1.165, 1.54) is 0 Å². The summed E-state index contributed by atoms with van der Waals surface area (Å²) in [6.45, 7) is 1.48. The third kappa shape index (κ3) is 2.39. The predicted octanol–water partition coefficient (Wildman–Crippen LogP) is 0.202. The number of H-pyrrole nitrogens is 1. The molecule has 3 rings (SSSR count). The van der Waals surface area contributed by atoms with Crippen LogP contribution in [0, 0.1) is 0 Å². The number of amides is 1. The highest BCUT2D eigenvalue weighted by Crippen LogP contribution is 2.19. The number of fused-ring (bicyclic) bond motifs is 1. The van der Waals surface area contributed by atoms with Crippen molar-refractivity contribution in [3.8, 4) is 5.75 Å². The van der Waals surface area contributed by atoms with Gasteiger partial charge in [-0.2, -0.15) is 0 Å². The molecule has 0 bridgehead atoms. The fourth-order valence-electron chi connectivity index (χ4n) is 2.27. The van der Waals surface area contributed by atoms with E-state index in [1.807, 2.05) is 18.2 Å². The van der Waals surface area contributed by atoms with E-state index in [2.05, 4.69) is 20.6 Å². The molecule has 1 atom stereocenters. The second-order valence-electron chi connectivity index (χ2n) is 4.57. The van der Waals surface area contributed by atoms with E-state index >= 15 is 0 Å². The number of ether oxygens (including phenoxy) is 1. The van der Waals surface area contributed by atoms with E-state index in [0.29, 0.717) is 13.0 Å². The zero-order valence-corrected chi connectivity index (χ0v) is 10.7. The van der Waals surface area contributed by atoms with Gasteiger partial charge in [-0.05, 0) is 12.1 Å². The molecular formula is C13H16N4O2. The smallest absolute Gasteiger partial charge is 0.237 e. The van der Waals surface area contributed by atoms with E-state index in [1.54, 1.807) is 7.11 Å². The Hall–Kier alpha value is -2.08. The molecule has 100 valence electrons. The molecule has 0 spiro atoms.